The van der Waals surface area contributed by atoms with Crippen molar-refractivity contribution in [3.8, 4) is 11.8 Å². The van der Waals surface area contributed by atoms with Crippen LogP contribution in [0.25, 0.3) is 0 Å². The lowest BCUT2D eigenvalue weighted by molar-refractivity contribution is 0.302. The molecule has 3 nitrogen and oxygen atoms in total. The topological polar surface area (TPSA) is 59.0 Å². The number of benzene rings is 2. The number of nitrogens with zero attached hydrogens (tertiary/aromatic N) is 1. The highest BCUT2D eigenvalue weighted by Crippen LogP contribution is 2.28. The first-order valence-corrected chi connectivity index (χ1v) is 7.02. The summed E-state index contributed by atoms with van der Waals surface area (Å²) in [7, 11) is 0. The fourth-order valence-corrected chi connectivity index (χ4v) is 2.37. The summed E-state index contributed by atoms with van der Waals surface area (Å²) in [5.41, 5.74) is 10.2. The highest BCUT2D eigenvalue weighted by molar-refractivity contribution is 5.85. The Morgan fingerprint density at radius 3 is 2.27 bits per heavy atom. The maximum atomic E-state index is 8.75. The van der Waals surface area contributed by atoms with Gasteiger partial charge in [0.2, 0.25) is 0 Å². The Balaban J connectivity index is 0.00000242. The van der Waals surface area contributed by atoms with E-state index in [-0.39, 0.29) is 18.4 Å². The number of rotatable bonds is 5. The summed E-state index contributed by atoms with van der Waals surface area (Å²) >= 11 is 0. The normalized spacial score (nSPS) is 11.2. The minimum atomic E-state index is -0.240. The molecular formula is C18H21ClN2O. The van der Waals surface area contributed by atoms with Crippen LogP contribution in [-0.4, -0.2) is 0 Å². The molecule has 0 unspecified atom stereocenters. The zero-order valence-corrected chi connectivity index (χ0v) is 13.7. The maximum absolute atomic E-state index is 8.75. The molecule has 0 aromatic heterocycles. The van der Waals surface area contributed by atoms with Crippen molar-refractivity contribution >= 4 is 12.4 Å². The van der Waals surface area contributed by atoms with Gasteiger partial charge in [0.25, 0.3) is 0 Å². The van der Waals surface area contributed by atoms with Crippen LogP contribution in [0, 0.1) is 25.2 Å². The first kappa shape index (κ1) is 18.0. The summed E-state index contributed by atoms with van der Waals surface area (Å²) in [5.74, 6) is 0.895. The lowest BCUT2D eigenvalue weighted by atomic mass is 9.99. The van der Waals surface area contributed by atoms with Gasteiger partial charge in [0.05, 0.1) is 12.5 Å². The molecular weight excluding hydrogens is 296 g/mol. The fourth-order valence-electron chi connectivity index (χ4n) is 2.37. The van der Waals surface area contributed by atoms with Crippen molar-refractivity contribution in [1.82, 2.24) is 0 Å². The number of nitrogens with two attached hydrogens (primary N) is 1. The van der Waals surface area contributed by atoms with Gasteiger partial charge in [-0.05, 0) is 36.1 Å². The molecule has 0 heterocycles. The van der Waals surface area contributed by atoms with Crippen LogP contribution in [0.5, 0.6) is 5.75 Å². The standard InChI is InChI=1S/C18H20N2O.ClH/c1-13-10-16(17(20)8-9-19)11-14(2)18(13)21-12-15-6-4-3-5-7-15;/h3-7,10-11,17H,8,12,20H2,1-2H3;1H/t17-;/m1./s1. The van der Waals surface area contributed by atoms with E-state index in [1.54, 1.807) is 0 Å². The van der Waals surface area contributed by atoms with Crippen molar-refractivity contribution in [2.75, 3.05) is 0 Å². The van der Waals surface area contributed by atoms with Crippen LogP contribution < -0.4 is 10.5 Å². The van der Waals surface area contributed by atoms with E-state index in [4.69, 9.17) is 15.7 Å². The average molecular weight is 317 g/mol. The third-order valence-corrected chi connectivity index (χ3v) is 3.45. The van der Waals surface area contributed by atoms with Crippen LogP contribution in [0.1, 0.15) is 34.7 Å². The molecule has 0 spiro atoms. The first-order chi connectivity index (χ1) is 10.1. The molecule has 0 aliphatic heterocycles. The van der Waals surface area contributed by atoms with Crippen molar-refractivity contribution in [3.05, 3.63) is 64.7 Å². The van der Waals surface area contributed by atoms with Gasteiger partial charge < -0.3 is 10.5 Å². The lowest BCUT2D eigenvalue weighted by Crippen LogP contribution is -2.10. The first-order valence-electron chi connectivity index (χ1n) is 7.02. The second kappa shape index (κ2) is 8.43. The van der Waals surface area contributed by atoms with Crippen LogP contribution >= 0.6 is 12.4 Å². The molecule has 4 heteroatoms. The highest BCUT2D eigenvalue weighted by atomic mass is 35.5. The summed E-state index contributed by atoms with van der Waals surface area (Å²) in [4.78, 5) is 0. The fraction of sp³-hybridized carbons (Fsp3) is 0.278. The number of aryl methyl sites for hydroxylation is 2. The summed E-state index contributed by atoms with van der Waals surface area (Å²) in [6.45, 7) is 4.57. The van der Waals surface area contributed by atoms with E-state index in [0.717, 1.165) is 28.0 Å². The van der Waals surface area contributed by atoms with Crippen molar-refractivity contribution in [2.24, 2.45) is 5.73 Å². The van der Waals surface area contributed by atoms with E-state index in [9.17, 15) is 0 Å². The third-order valence-electron chi connectivity index (χ3n) is 3.45. The van der Waals surface area contributed by atoms with Gasteiger partial charge >= 0.3 is 0 Å². The van der Waals surface area contributed by atoms with Gasteiger partial charge in [-0.3, -0.25) is 0 Å². The van der Waals surface area contributed by atoms with Crippen LogP contribution in [0.15, 0.2) is 42.5 Å². The molecule has 22 heavy (non-hydrogen) atoms. The zero-order valence-electron chi connectivity index (χ0n) is 12.9. The molecule has 2 aromatic carbocycles. The predicted octanol–water partition coefficient (Wildman–Crippen LogP) is 4.22. The van der Waals surface area contributed by atoms with Crippen LogP contribution in [0.2, 0.25) is 0 Å². The summed E-state index contributed by atoms with van der Waals surface area (Å²) in [6, 6.07) is 16.0. The Morgan fingerprint density at radius 2 is 1.73 bits per heavy atom. The van der Waals surface area contributed by atoms with Gasteiger partial charge in [-0.25, -0.2) is 0 Å². The van der Waals surface area contributed by atoms with E-state index in [1.165, 1.54) is 0 Å². The van der Waals surface area contributed by atoms with Gasteiger partial charge in [-0.1, -0.05) is 42.5 Å². The Bertz CT molecular complexity index is 627. The monoisotopic (exact) mass is 316 g/mol. The molecule has 2 aromatic rings. The predicted molar refractivity (Wildman–Crippen MR) is 91.1 cm³/mol. The molecule has 1 atom stereocenters. The smallest absolute Gasteiger partial charge is 0.125 e. The minimum absolute atomic E-state index is 0. The number of halogens is 1. The number of nitriles is 1. The molecule has 2 rings (SSSR count). The molecule has 0 bridgehead atoms. The lowest BCUT2D eigenvalue weighted by Gasteiger charge is -2.16. The van der Waals surface area contributed by atoms with Gasteiger partial charge in [0.15, 0.2) is 0 Å². The largest absolute Gasteiger partial charge is 0.488 e. The molecule has 0 fully saturated rings. The molecule has 0 saturated heterocycles. The Kier molecular flexibility index (Phi) is 6.91. The zero-order chi connectivity index (χ0) is 15.2. The summed E-state index contributed by atoms with van der Waals surface area (Å²) in [6.07, 6.45) is 0.323. The van der Waals surface area contributed by atoms with E-state index in [2.05, 4.69) is 6.07 Å². The number of hydrogen-bond acceptors (Lipinski definition) is 3. The SMILES string of the molecule is Cc1cc([C@H](N)CC#N)cc(C)c1OCc1ccccc1.Cl. The van der Waals surface area contributed by atoms with Crippen LogP contribution in [0.4, 0.5) is 0 Å². The maximum Gasteiger partial charge on any atom is 0.125 e. The molecule has 116 valence electrons. The van der Waals surface area contributed by atoms with Gasteiger partial charge in [-0.2, -0.15) is 5.26 Å². The summed E-state index contributed by atoms with van der Waals surface area (Å²) in [5, 5.41) is 8.75. The van der Waals surface area contributed by atoms with Gasteiger partial charge in [-0.15, -0.1) is 12.4 Å². The highest BCUT2D eigenvalue weighted by Gasteiger charge is 2.11. The van der Waals surface area contributed by atoms with E-state index >= 15 is 0 Å². The van der Waals surface area contributed by atoms with E-state index in [0.29, 0.717) is 13.0 Å². The van der Waals surface area contributed by atoms with Gasteiger partial charge in [0, 0.05) is 6.04 Å². The second-order valence-electron chi connectivity index (χ2n) is 5.23. The van der Waals surface area contributed by atoms with Crippen LogP contribution in [-0.2, 0) is 6.61 Å². The second-order valence-corrected chi connectivity index (χ2v) is 5.23. The molecule has 0 saturated carbocycles. The van der Waals surface area contributed by atoms with E-state index < -0.39 is 0 Å². The number of hydrogen-bond donors (Lipinski definition) is 1. The van der Waals surface area contributed by atoms with Crippen molar-refractivity contribution in [2.45, 2.75) is 32.9 Å². The average Bonchev–Trinajstić information content (AvgIpc) is 2.47. The Labute approximate surface area is 138 Å². The molecule has 0 amide bonds. The Hall–Kier alpha value is -2.02. The molecule has 2 N–H and O–H groups in total. The molecule has 0 aliphatic rings. The van der Waals surface area contributed by atoms with E-state index in [1.807, 2.05) is 56.3 Å². The van der Waals surface area contributed by atoms with Crippen molar-refractivity contribution in [3.63, 3.8) is 0 Å². The van der Waals surface area contributed by atoms with Crippen LogP contribution in [0.3, 0.4) is 0 Å². The minimum Gasteiger partial charge on any atom is -0.488 e. The van der Waals surface area contributed by atoms with Crippen molar-refractivity contribution in [1.29, 1.82) is 5.26 Å². The number of ether oxygens (including phenoxy) is 1. The Morgan fingerprint density at radius 1 is 1.14 bits per heavy atom. The van der Waals surface area contributed by atoms with Gasteiger partial charge in [0.1, 0.15) is 12.4 Å². The molecule has 0 aliphatic carbocycles. The summed E-state index contributed by atoms with van der Waals surface area (Å²) < 4.78 is 5.94. The van der Waals surface area contributed by atoms with Crippen molar-refractivity contribution < 1.29 is 4.74 Å². The quantitative estimate of drug-likeness (QED) is 0.898. The third kappa shape index (κ3) is 4.49. The molecule has 0 radical (unpaired) electrons.